The van der Waals surface area contributed by atoms with E-state index in [-0.39, 0.29) is 5.91 Å². The molecule has 13 heavy (non-hydrogen) atoms. The molecule has 1 aliphatic rings. The SMILES string of the molecule is O=C1C=C[C@H](O)N1c1ccccc1. The first-order chi connectivity index (χ1) is 6.29. The number of anilines is 1. The average Bonchev–Trinajstić information content (AvgIpc) is 2.48. The average molecular weight is 175 g/mol. The lowest BCUT2D eigenvalue weighted by Gasteiger charge is -2.19. The summed E-state index contributed by atoms with van der Waals surface area (Å²) in [6, 6.07) is 9.09. The van der Waals surface area contributed by atoms with Crippen molar-refractivity contribution in [3.05, 3.63) is 42.5 Å². The molecular weight excluding hydrogens is 166 g/mol. The Balaban J connectivity index is 2.33. The summed E-state index contributed by atoms with van der Waals surface area (Å²) in [7, 11) is 0. The normalized spacial score (nSPS) is 21.2. The smallest absolute Gasteiger partial charge is 0.253 e. The Morgan fingerprint density at radius 2 is 1.92 bits per heavy atom. The van der Waals surface area contributed by atoms with E-state index in [0.717, 1.165) is 0 Å². The number of hydrogen-bond donors (Lipinski definition) is 1. The molecule has 66 valence electrons. The highest BCUT2D eigenvalue weighted by Crippen LogP contribution is 2.20. The lowest BCUT2D eigenvalue weighted by Crippen LogP contribution is -2.33. The molecule has 0 fully saturated rings. The third kappa shape index (κ3) is 1.34. The zero-order valence-corrected chi connectivity index (χ0v) is 6.92. The number of benzene rings is 1. The molecule has 1 atom stereocenters. The molecular formula is C10H9NO2. The first-order valence-electron chi connectivity index (χ1n) is 4.03. The van der Waals surface area contributed by atoms with Crippen LogP contribution < -0.4 is 4.90 Å². The van der Waals surface area contributed by atoms with Crippen molar-refractivity contribution < 1.29 is 9.90 Å². The van der Waals surface area contributed by atoms with Crippen LogP contribution in [-0.4, -0.2) is 17.2 Å². The number of para-hydroxylation sites is 1. The Hall–Kier alpha value is -1.61. The molecule has 1 amide bonds. The number of amides is 1. The van der Waals surface area contributed by atoms with Gasteiger partial charge < -0.3 is 5.11 Å². The second-order valence-electron chi connectivity index (χ2n) is 2.82. The van der Waals surface area contributed by atoms with E-state index in [0.29, 0.717) is 5.69 Å². The van der Waals surface area contributed by atoms with Gasteiger partial charge in [-0.2, -0.15) is 0 Å². The maximum absolute atomic E-state index is 11.3. The van der Waals surface area contributed by atoms with Crippen molar-refractivity contribution in [3.63, 3.8) is 0 Å². The summed E-state index contributed by atoms with van der Waals surface area (Å²) in [4.78, 5) is 12.6. The molecule has 3 nitrogen and oxygen atoms in total. The number of rotatable bonds is 1. The summed E-state index contributed by atoms with van der Waals surface area (Å²) in [5.41, 5.74) is 0.713. The summed E-state index contributed by atoms with van der Waals surface area (Å²) in [5.74, 6) is -0.182. The van der Waals surface area contributed by atoms with E-state index in [9.17, 15) is 9.90 Å². The highest BCUT2D eigenvalue weighted by molar-refractivity contribution is 6.04. The van der Waals surface area contributed by atoms with Gasteiger partial charge in [0.1, 0.15) is 0 Å². The monoisotopic (exact) mass is 175 g/mol. The molecule has 0 radical (unpaired) electrons. The first-order valence-corrected chi connectivity index (χ1v) is 4.03. The predicted octanol–water partition coefficient (Wildman–Crippen LogP) is 0.908. The van der Waals surface area contributed by atoms with Gasteiger partial charge in [-0.15, -0.1) is 0 Å². The quantitative estimate of drug-likeness (QED) is 0.689. The van der Waals surface area contributed by atoms with Gasteiger partial charge in [0.2, 0.25) is 0 Å². The minimum absolute atomic E-state index is 0.182. The molecule has 0 aromatic heterocycles. The number of aliphatic hydroxyl groups excluding tert-OH is 1. The van der Waals surface area contributed by atoms with E-state index >= 15 is 0 Å². The van der Waals surface area contributed by atoms with Crippen molar-refractivity contribution in [2.75, 3.05) is 4.90 Å². The highest BCUT2D eigenvalue weighted by atomic mass is 16.3. The first kappa shape index (κ1) is 8.01. The van der Waals surface area contributed by atoms with E-state index in [1.807, 2.05) is 18.2 Å². The minimum atomic E-state index is -0.824. The van der Waals surface area contributed by atoms with Crippen LogP contribution in [-0.2, 0) is 4.79 Å². The third-order valence-corrected chi connectivity index (χ3v) is 1.95. The van der Waals surface area contributed by atoms with E-state index in [2.05, 4.69) is 0 Å². The molecule has 0 saturated carbocycles. The largest absolute Gasteiger partial charge is 0.369 e. The van der Waals surface area contributed by atoms with Crippen LogP contribution in [0.2, 0.25) is 0 Å². The number of nitrogens with zero attached hydrogens (tertiary/aromatic N) is 1. The molecule has 0 aliphatic carbocycles. The van der Waals surface area contributed by atoms with Gasteiger partial charge in [0.15, 0.2) is 6.23 Å². The van der Waals surface area contributed by atoms with Gasteiger partial charge in [0, 0.05) is 11.8 Å². The molecule has 0 bridgehead atoms. The van der Waals surface area contributed by atoms with E-state index in [4.69, 9.17) is 0 Å². The summed E-state index contributed by atoms with van der Waals surface area (Å²) >= 11 is 0. The van der Waals surface area contributed by atoms with Crippen LogP contribution in [0.1, 0.15) is 0 Å². The second kappa shape index (κ2) is 3.03. The van der Waals surface area contributed by atoms with Crippen molar-refractivity contribution >= 4 is 11.6 Å². The summed E-state index contributed by atoms with van der Waals surface area (Å²) in [6.45, 7) is 0. The number of carbonyl (C=O) groups is 1. The van der Waals surface area contributed by atoms with Crippen LogP contribution in [0.15, 0.2) is 42.5 Å². The van der Waals surface area contributed by atoms with Gasteiger partial charge in [-0.3, -0.25) is 9.69 Å². The third-order valence-electron chi connectivity index (χ3n) is 1.95. The summed E-state index contributed by atoms with van der Waals surface area (Å²) < 4.78 is 0. The van der Waals surface area contributed by atoms with Gasteiger partial charge in [-0.25, -0.2) is 0 Å². The Labute approximate surface area is 75.9 Å². The van der Waals surface area contributed by atoms with Crippen LogP contribution in [0.5, 0.6) is 0 Å². The van der Waals surface area contributed by atoms with Crippen LogP contribution in [0.25, 0.3) is 0 Å². The van der Waals surface area contributed by atoms with Crippen molar-refractivity contribution in [2.24, 2.45) is 0 Å². The van der Waals surface area contributed by atoms with E-state index in [1.165, 1.54) is 17.1 Å². The summed E-state index contributed by atoms with van der Waals surface area (Å²) in [5, 5.41) is 9.43. The Kier molecular flexibility index (Phi) is 1.87. The summed E-state index contributed by atoms with van der Waals surface area (Å²) in [6.07, 6.45) is 2.02. The Bertz CT molecular complexity index is 345. The van der Waals surface area contributed by atoms with Crippen molar-refractivity contribution in [1.82, 2.24) is 0 Å². The van der Waals surface area contributed by atoms with E-state index < -0.39 is 6.23 Å². The molecule has 1 aromatic rings. The van der Waals surface area contributed by atoms with Crippen LogP contribution >= 0.6 is 0 Å². The zero-order valence-electron chi connectivity index (χ0n) is 6.92. The van der Waals surface area contributed by atoms with E-state index in [1.54, 1.807) is 12.1 Å². The topological polar surface area (TPSA) is 40.5 Å². The van der Waals surface area contributed by atoms with Crippen LogP contribution in [0.4, 0.5) is 5.69 Å². The second-order valence-corrected chi connectivity index (χ2v) is 2.82. The fourth-order valence-electron chi connectivity index (χ4n) is 1.33. The number of carbonyl (C=O) groups excluding carboxylic acids is 1. The molecule has 0 spiro atoms. The van der Waals surface area contributed by atoms with Gasteiger partial charge in [0.25, 0.3) is 5.91 Å². The van der Waals surface area contributed by atoms with Crippen LogP contribution in [0.3, 0.4) is 0 Å². The molecule has 0 saturated heterocycles. The number of aliphatic hydroxyl groups is 1. The highest BCUT2D eigenvalue weighted by Gasteiger charge is 2.24. The predicted molar refractivity (Wildman–Crippen MR) is 49.1 cm³/mol. The fourth-order valence-corrected chi connectivity index (χ4v) is 1.33. The lowest BCUT2D eigenvalue weighted by molar-refractivity contribution is -0.114. The molecule has 1 heterocycles. The molecule has 1 N–H and O–H groups in total. The molecule has 1 aliphatic heterocycles. The standard InChI is InChI=1S/C10H9NO2/c12-9-6-7-10(13)11(9)8-4-2-1-3-5-8/h1-7,9,12H/t9-/m0/s1. The molecule has 3 heteroatoms. The molecule has 0 unspecified atom stereocenters. The maximum atomic E-state index is 11.3. The number of hydrogen-bond acceptors (Lipinski definition) is 2. The fraction of sp³-hybridized carbons (Fsp3) is 0.100. The maximum Gasteiger partial charge on any atom is 0.253 e. The van der Waals surface area contributed by atoms with Gasteiger partial charge in [-0.05, 0) is 18.2 Å². The van der Waals surface area contributed by atoms with Crippen molar-refractivity contribution in [1.29, 1.82) is 0 Å². The van der Waals surface area contributed by atoms with Gasteiger partial charge >= 0.3 is 0 Å². The van der Waals surface area contributed by atoms with Crippen molar-refractivity contribution in [2.45, 2.75) is 6.23 Å². The zero-order chi connectivity index (χ0) is 9.26. The van der Waals surface area contributed by atoms with Gasteiger partial charge in [0.05, 0.1) is 0 Å². The minimum Gasteiger partial charge on any atom is -0.369 e. The van der Waals surface area contributed by atoms with Crippen LogP contribution in [0, 0.1) is 0 Å². The lowest BCUT2D eigenvalue weighted by atomic mass is 10.3. The Morgan fingerprint density at radius 1 is 1.23 bits per heavy atom. The van der Waals surface area contributed by atoms with Crippen molar-refractivity contribution in [3.8, 4) is 0 Å². The molecule has 1 aromatic carbocycles. The Morgan fingerprint density at radius 3 is 2.46 bits per heavy atom. The van der Waals surface area contributed by atoms with Gasteiger partial charge in [-0.1, -0.05) is 18.2 Å². The molecule has 2 rings (SSSR count).